The van der Waals surface area contributed by atoms with Crippen LogP contribution >= 0.6 is 0 Å². The first kappa shape index (κ1) is 10.2. The minimum atomic E-state index is 0.907. The molecule has 0 spiro atoms. The van der Waals surface area contributed by atoms with Crippen molar-refractivity contribution in [1.29, 1.82) is 0 Å². The van der Waals surface area contributed by atoms with Gasteiger partial charge >= 0.3 is 0 Å². The van der Waals surface area contributed by atoms with Crippen LogP contribution in [0.2, 0.25) is 0 Å². The molecule has 90 valence electrons. The molecular formula is C15H10N4. The summed E-state index contributed by atoms with van der Waals surface area (Å²) in [5, 5.41) is 0. The average Bonchev–Trinajstić information content (AvgIpc) is 2.97. The number of hydrogen-bond acceptors (Lipinski definition) is 3. The molecule has 1 aromatic carbocycles. The van der Waals surface area contributed by atoms with Gasteiger partial charge in [0.25, 0.3) is 0 Å². The molecule has 4 rings (SSSR count). The first-order valence-corrected chi connectivity index (χ1v) is 6.05. The first-order chi connectivity index (χ1) is 9.43. The van der Waals surface area contributed by atoms with Crippen molar-refractivity contribution in [1.82, 2.24) is 19.4 Å². The van der Waals surface area contributed by atoms with Gasteiger partial charge in [-0.05, 0) is 24.3 Å². The fraction of sp³-hybridized carbons (Fsp3) is 0. The summed E-state index contributed by atoms with van der Waals surface area (Å²) in [6.45, 7) is 0. The van der Waals surface area contributed by atoms with Gasteiger partial charge in [-0.3, -0.25) is 9.38 Å². The number of pyridine rings is 1. The Bertz CT molecular complexity index is 865. The summed E-state index contributed by atoms with van der Waals surface area (Å²) in [4.78, 5) is 13.1. The molecule has 0 N–H and O–H groups in total. The van der Waals surface area contributed by atoms with Crippen molar-refractivity contribution in [2.24, 2.45) is 0 Å². The van der Waals surface area contributed by atoms with E-state index in [1.165, 1.54) is 0 Å². The number of imidazole rings is 1. The van der Waals surface area contributed by atoms with Crippen molar-refractivity contribution < 1.29 is 0 Å². The Morgan fingerprint density at radius 2 is 1.79 bits per heavy atom. The lowest BCUT2D eigenvalue weighted by molar-refractivity contribution is 1.19. The molecule has 0 bridgehead atoms. The standard InChI is InChI=1S/C15H10N4/c1-2-6-13-12(5-1)18-15(11-4-3-7-16-8-11)14-9-17-10-19(13)14/h1-10H. The van der Waals surface area contributed by atoms with E-state index >= 15 is 0 Å². The van der Waals surface area contributed by atoms with E-state index in [2.05, 4.69) is 14.4 Å². The van der Waals surface area contributed by atoms with E-state index in [0.717, 1.165) is 27.8 Å². The maximum absolute atomic E-state index is 4.74. The summed E-state index contributed by atoms with van der Waals surface area (Å²) in [5.41, 5.74) is 4.91. The van der Waals surface area contributed by atoms with E-state index in [0.29, 0.717) is 0 Å². The van der Waals surface area contributed by atoms with Gasteiger partial charge in [-0.15, -0.1) is 0 Å². The zero-order valence-corrected chi connectivity index (χ0v) is 10.1. The Kier molecular flexibility index (Phi) is 2.08. The summed E-state index contributed by atoms with van der Waals surface area (Å²) in [7, 11) is 0. The Morgan fingerprint density at radius 3 is 2.68 bits per heavy atom. The topological polar surface area (TPSA) is 43.1 Å². The van der Waals surface area contributed by atoms with Gasteiger partial charge < -0.3 is 0 Å². The van der Waals surface area contributed by atoms with Gasteiger partial charge in [0.05, 0.1) is 34.8 Å². The van der Waals surface area contributed by atoms with Crippen molar-refractivity contribution in [3.8, 4) is 11.3 Å². The zero-order valence-electron chi connectivity index (χ0n) is 10.1. The lowest BCUT2D eigenvalue weighted by Crippen LogP contribution is -1.94. The summed E-state index contributed by atoms with van der Waals surface area (Å²) in [6.07, 6.45) is 7.24. The van der Waals surface area contributed by atoms with E-state index in [1.807, 2.05) is 55.1 Å². The highest BCUT2D eigenvalue weighted by Crippen LogP contribution is 2.25. The molecule has 0 saturated carbocycles. The third-order valence-corrected chi connectivity index (χ3v) is 3.19. The maximum Gasteiger partial charge on any atom is 0.0998 e. The minimum absolute atomic E-state index is 0.907. The monoisotopic (exact) mass is 246 g/mol. The molecule has 4 heteroatoms. The molecular weight excluding hydrogens is 236 g/mol. The quantitative estimate of drug-likeness (QED) is 0.518. The number of para-hydroxylation sites is 2. The number of nitrogens with zero attached hydrogens (tertiary/aromatic N) is 4. The predicted molar refractivity (Wildman–Crippen MR) is 73.7 cm³/mol. The number of aromatic nitrogens is 4. The predicted octanol–water partition coefficient (Wildman–Crippen LogP) is 2.94. The molecule has 0 unspecified atom stereocenters. The summed E-state index contributed by atoms with van der Waals surface area (Å²) >= 11 is 0. The number of hydrogen-bond donors (Lipinski definition) is 0. The Labute approximate surface area is 109 Å². The van der Waals surface area contributed by atoms with Gasteiger partial charge in [-0.1, -0.05) is 12.1 Å². The molecule has 0 amide bonds. The highest BCUT2D eigenvalue weighted by molar-refractivity contribution is 5.86. The maximum atomic E-state index is 4.74. The molecule has 0 aliphatic heterocycles. The van der Waals surface area contributed by atoms with Crippen LogP contribution in [0.4, 0.5) is 0 Å². The molecule has 0 radical (unpaired) electrons. The van der Waals surface area contributed by atoms with Crippen LogP contribution in [0.15, 0.2) is 61.3 Å². The second-order valence-electron chi connectivity index (χ2n) is 4.34. The average molecular weight is 246 g/mol. The molecule has 4 nitrogen and oxygen atoms in total. The second-order valence-corrected chi connectivity index (χ2v) is 4.34. The Hall–Kier alpha value is -2.75. The van der Waals surface area contributed by atoms with E-state index in [1.54, 1.807) is 6.20 Å². The molecule has 19 heavy (non-hydrogen) atoms. The summed E-state index contributed by atoms with van der Waals surface area (Å²) < 4.78 is 2.06. The molecule has 0 saturated heterocycles. The fourth-order valence-electron chi connectivity index (χ4n) is 2.32. The van der Waals surface area contributed by atoms with Gasteiger partial charge in [0.15, 0.2) is 0 Å². The normalized spacial score (nSPS) is 11.2. The van der Waals surface area contributed by atoms with Gasteiger partial charge in [-0.2, -0.15) is 0 Å². The SMILES string of the molecule is c1cncc(-c2nc3ccccc3n3cncc23)c1. The second kappa shape index (κ2) is 3.88. The van der Waals surface area contributed by atoms with Gasteiger partial charge in [0, 0.05) is 18.0 Å². The fourth-order valence-corrected chi connectivity index (χ4v) is 2.32. The molecule has 3 heterocycles. The molecule has 0 aliphatic carbocycles. The molecule has 0 aliphatic rings. The molecule has 0 atom stereocenters. The smallest absolute Gasteiger partial charge is 0.0998 e. The minimum Gasteiger partial charge on any atom is -0.295 e. The van der Waals surface area contributed by atoms with E-state index in [-0.39, 0.29) is 0 Å². The van der Waals surface area contributed by atoms with Gasteiger partial charge in [0.1, 0.15) is 0 Å². The first-order valence-electron chi connectivity index (χ1n) is 6.05. The number of rotatable bonds is 1. The lowest BCUT2D eigenvalue weighted by Gasteiger charge is -2.07. The van der Waals surface area contributed by atoms with E-state index < -0.39 is 0 Å². The Balaban J connectivity index is 2.17. The van der Waals surface area contributed by atoms with Crippen molar-refractivity contribution >= 4 is 16.6 Å². The van der Waals surface area contributed by atoms with Crippen LogP contribution in [0.25, 0.3) is 27.8 Å². The molecule has 3 aromatic heterocycles. The van der Waals surface area contributed by atoms with Crippen molar-refractivity contribution in [3.63, 3.8) is 0 Å². The van der Waals surface area contributed by atoms with Crippen LogP contribution in [-0.4, -0.2) is 19.4 Å². The molecule has 4 aromatic rings. The van der Waals surface area contributed by atoms with Crippen LogP contribution < -0.4 is 0 Å². The molecule has 0 fully saturated rings. The Morgan fingerprint density at radius 1 is 0.842 bits per heavy atom. The number of fused-ring (bicyclic) bond motifs is 3. The highest BCUT2D eigenvalue weighted by atomic mass is 15.0. The lowest BCUT2D eigenvalue weighted by atomic mass is 10.1. The van der Waals surface area contributed by atoms with Crippen LogP contribution in [0.3, 0.4) is 0 Å². The van der Waals surface area contributed by atoms with E-state index in [9.17, 15) is 0 Å². The third kappa shape index (κ3) is 1.50. The third-order valence-electron chi connectivity index (χ3n) is 3.19. The highest BCUT2D eigenvalue weighted by Gasteiger charge is 2.09. The number of benzene rings is 1. The summed E-state index contributed by atoms with van der Waals surface area (Å²) in [6, 6.07) is 12.0. The van der Waals surface area contributed by atoms with Crippen LogP contribution in [0, 0.1) is 0 Å². The zero-order chi connectivity index (χ0) is 12.7. The van der Waals surface area contributed by atoms with Crippen LogP contribution in [0.1, 0.15) is 0 Å². The van der Waals surface area contributed by atoms with Gasteiger partial charge in [0.2, 0.25) is 0 Å². The van der Waals surface area contributed by atoms with E-state index in [4.69, 9.17) is 4.98 Å². The van der Waals surface area contributed by atoms with Crippen molar-refractivity contribution in [2.45, 2.75) is 0 Å². The van der Waals surface area contributed by atoms with Crippen LogP contribution in [-0.2, 0) is 0 Å². The summed E-state index contributed by atoms with van der Waals surface area (Å²) in [5.74, 6) is 0. The van der Waals surface area contributed by atoms with Gasteiger partial charge in [-0.25, -0.2) is 9.97 Å². The van der Waals surface area contributed by atoms with Crippen LogP contribution in [0.5, 0.6) is 0 Å². The largest absolute Gasteiger partial charge is 0.295 e. The van der Waals surface area contributed by atoms with Crippen molar-refractivity contribution in [3.05, 3.63) is 61.3 Å². The van der Waals surface area contributed by atoms with Crippen molar-refractivity contribution in [2.75, 3.05) is 0 Å².